The minimum Gasteiger partial charge on any atom is -0.481 e. The molecular formula is C14H18FN3O2. The Labute approximate surface area is 117 Å². The van der Waals surface area contributed by atoms with Crippen LogP contribution in [0.5, 0.6) is 5.75 Å². The van der Waals surface area contributed by atoms with E-state index in [4.69, 9.17) is 9.26 Å². The van der Waals surface area contributed by atoms with Gasteiger partial charge >= 0.3 is 0 Å². The zero-order valence-electron chi connectivity index (χ0n) is 11.8. The van der Waals surface area contributed by atoms with Crippen molar-refractivity contribution < 1.29 is 13.7 Å². The number of halogens is 1. The molecule has 0 aliphatic heterocycles. The molecule has 6 heteroatoms. The Morgan fingerprint density at radius 1 is 1.30 bits per heavy atom. The summed E-state index contributed by atoms with van der Waals surface area (Å²) in [6.45, 7) is 3.84. The highest BCUT2D eigenvalue weighted by molar-refractivity contribution is 5.22. The number of aromatic nitrogens is 2. The number of nitrogens with one attached hydrogen (secondary N) is 1. The second-order valence-corrected chi connectivity index (χ2v) is 4.66. The lowest BCUT2D eigenvalue weighted by Gasteiger charge is -2.10. The van der Waals surface area contributed by atoms with Crippen LogP contribution in [0.3, 0.4) is 0 Å². The maximum Gasteiger partial charge on any atom is 0.267 e. The topological polar surface area (TPSA) is 60.2 Å². The minimum atomic E-state index is -0.383. The maximum atomic E-state index is 12.8. The van der Waals surface area contributed by atoms with E-state index in [-0.39, 0.29) is 18.0 Å². The average Bonchev–Trinajstić information content (AvgIpc) is 2.89. The quantitative estimate of drug-likeness (QED) is 0.880. The fourth-order valence-electron chi connectivity index (χ4n) is 1.66. The monoisotopic (exact) mass is 279 g/mol. The van der Waals surface area contributed by atoms with Crippen molar-refractivity contribution in [2.75, 3.05) is 7.05 Å². The first-order valence-electron chi connectivity index (χ1n) is 6.50. The molecule has 0 aliphatic carbocycles. The van der Waals surface area contributed by atoms with E-state index in [0.717, 1.165) is 0 Å². The van der Waals surface area contributed by atoms with Crippen LogP contribution in [0.15, 0.2) is 28.8 Å². The van der Waals surface area contributed by atoms with Crippen molar-refractivity contribution in [3.63, 3.8) is 0 Å². The number of hydrogen-bond acceptors (Lipinski definition) is 5. The van der Waals surface area contributed by atoms with Gasteiger partial charge in [-0.1, -0.05) is 5.16 Å². The maximum absolute atomic E-state index is 12.8. The van der Waals surface area contributed by atoms with Crippen LogP contribution in [-0.4, -0.2) is 23.2 Å². The number of rotatable bonds is 6. The normalized spacial score (nSPS) is 14.0. The van der Waals surface area contributed by atoms with Gasteiger partial charge in [-0.2, -0.15) is 4.98 Å². The van der Waals surface area contributed by atoms with Crippen LogP contribution in [0, 0.1) is 5.82 Å². The summed E-state index contributed by atoms with van der Waals surface area (Å²) in [7, 11) is 1.88. The van der Waals surface area contributed by atoms with Crippen molar-refractivity contribution >= 4 is 0 Å². The van der Waals surface area contributed by atoms with Crippen LogP contribution in [0.4, 0.5) is 4.39 Å². The van der Waals surface area contributed by atoms with Crippen molar-refractivity contribution in [2.24, 2.45) is 0 Å². The summed E-state index contributed by atoms with van der Waals surface area (Å²) in [5.74, 6) is 1.30. The molecule has 0 aliphatic rings. The van der Waals surface area contributed by atoms with Crippen molar-refractivity contribution in [3.8, 4) is 5.75 Å². The fraction of sp³-hybridized carbons (Fsp3) is 0.429. The van der Waals surface area contributed by atoms with E-state index in [9.17, 15) is 4.39 Å². The molecule has 2 atom stereocenters. The van der Waals surface area contributed by atoms with Crippen molar-refractivity contribution in [1.29, 1.82) is 0 Å². The van der Waals surface area contributed by atoms with Crippen LogP contribution < -0.4 is 10.1 Å². The van der Waals surface area contributed by atoms with Gasteiger partial charge in [0.15, 0.2) is 11.9 Å². The molecule has 20 heavy (non-hydrogen) atoms. The molecule has 1 heterocycles. The predicted molar refractivity (Wildman–Crippen MR) is 72.0 cm³/mol. The molecule has 108 valence electrons. The molecule has 2 aromatic rings. The lowest BCUT2D eigenvalue weighted by Crippen LogP contribution is -2.24. The SMILES string of the molecule is CNC(C)Cc1noc(C(C)Oc2ccc(F)cc2)n1. The van der Waals surface area contributed by atoms with Crippen LogP contribution in [0.2, 0.25) is 0 Å². The second-order valence-electron chi connectivity index (χ2n) is 4.66. The van der Waals surface area contributed by atoms with Crippen LogP contribution >= 0.6 is 0 Å². The summed E-state index contributed by atoms with van der Waals surface area (Å²) in [5.41, 5.74) is 0. The molecule has 0 saturated carbocycles. The Morgan fingerprint density at radius 3 is 2.65 bits per heavy atom. The molecule has 0 bridgehead atoms. The molecule has 1 aromatic heterocycles. The van der Waals surface area contributed by atoms with Gasteiger partial charge in [-0.15, -0.1) is 0 Å². The Bertz CT molecular complexity index is 542. The van der Waals surface area contributed by atoms with Gasteiger partial charge in [-0.25, -0.2) is 4.39 Å². The molecular weight excluding hydrogens is 261 g/mol. The third kappa shape index (κ3) is 3.77. The molecule has 1 aromatic carbocycles. The van der Waals surface area contributed by atoms with E-state index in [1.807, 2.05) is 20.9 Å². The molecule has 2 unspecified atom stereocenters. The van der Waals surface area contributed by atoms with Gasteiger partial charge in [0.1, 0.15) is 11.6 Å². The van der Waals surface area contributed by atoms with E-state index in [2.05, 4.69) is 15.5 Å². The van der Waals surface area contributed by atoms with Crippen molar-refractivity contribution in [2.45, 2.75) is 32.4 Å². The molecule has 1 N–H and O–H groups in total. The number of nitrogens with zero attached hydrogens (tertiary/aromatic N) is 2. The lowest BCUT2D eigenvalue weighted by atomic mass is 10.2. The Balaban J connectivity index is 1.98. The van der Waals surface area contributed by atoms with Crippen LogP contribution in [0.25, 0.3) is 0 Å². The van der Waals surface area contributed by atoms with Crippen LogP contribution in [0.1, 0.15) is 31.7 Å². The first kappa shape index (κ1) is 14.5. The van der Waals surface area contributed by atoms with Gasteiger partial charge in [0.2, 0.25) is 0 Å². The van der Waals surface area contributed by atoms with Gasteiger partial charge in [-0.05, 0) is 45.2 Å². The Kier molecular flexibility index (Phi) is 4.68. The second kappa shape index (κ2) is 6.47. The minimum absolute atomic E-state index is 0.272. The summed E-state index contributed by atoms with van der Waals surface area (Å²) in [6, 6.07) is 6.08. The van der Waals surface area contributed by atoms with Crippen LogP contribution in [-0.2, 0) is 6.42 Å². The van der Waals surface area contributed by atoms with E-state index in [0.29, 0.717) is 23.9 Å². The zero-order valence-corrected chi connectivity index (χ0v) is 11.8. The van der Waals surface area contributed by atoms with Crippen molar-refractivity contribution in [3.05, 3.63) is 41.8 Å². The van der Waals surface area contributed by atoms with Crippen molar-refractivity contribution in [1.82, 2.24) is 15.5 Å². The fourth-order valence-corrected chi connectivity index (χ4v) is 1.66. The highest BCUT2D eigenvalue weighted by Gasteiger charge is 2.17. The van der Waals surface area contributed by atoms with E-state index in [1.165, 1.54) is 12.1 Å². The van der Waals surface area contributed by atoms with E-state index >= 15 is 0 Å². The number of hydrogen-bond donors (Lipinski definition) is 1. The molecule has 0 saturated heterocycles. The third-order valence-corrected chi connectivity index (χ3v) is 2.94. The smallest absolute Gasteiger partial charge is 0.267 e. The summed E-state index contributed by atoms with van der Waals surface area (Å²) in [5, 5.41) is 7.02. The van der Waals surface area contributed by atoms with Gasteiger partial charge in [0.25, 0.3) is 5.89 Å². The lowest BCUT2D eigenvalue weighted by molar-refractivity contribution is 0.175. The van der Waals surface area contributed by atoms with Gasteiger partial charge < -0.3 is 14.6 Å². The third-order valence-electron chi connectivity index (χ3n) is 2.94. The number of likely N-dealkylation sites (N-methyl/N-ethyl adjacent to an activating group) is 1. The van der Waals surface area contributed by atoms with Gasteiger partial charge in [0.05, 0.1) is 0 Å². The highest BCUT2D eigenvalue weighted by atomic mass is 19.1. The highest BCUT2D eigenvalue weighted by Crippen LogP contribution is 2.20. The summed E-state index contributed by atoms with van der Waals surface area (Å²) in [4.78, 5) is 4.29. The molecule has 2 rings (SSSR count). The first-order valence-corrected chi connectivity index (χ1v) is 6.50. The molecule has 5 nitrogen and oxygen atoms in total. The Hall–Kier alpha value is -1.95. The molecule has 0 radical (unpaired) electrons. The number of benzene rings is 1. The Morgan fingerprint density at radius 2 is 2.00 bits per heavy atom. The first-order chi connectivity index (χ1) is 9.58. The van der Waals surface area contributed by atoms with Gasteiger partial charge in [-0.3, -0.25) is 0 Å². The summed E-state index contributed by atoms with van der Waals surface area (Å²) < 4.78 is 23.6. The standard InChI is InChI=1S/C14H18FN3O2/c1-9(16-3)8-13-17-14(20-18-13)10(2)19-12-6-4-11(15)5-7-12/h4-7,9-10,16H,8H2,1-3H3. The van der Waals surface area contributed by atoms with E-state index < -0.39 is 0 Å². The molecule has 0 amide bonds. The number of ether oxygens (including phenoxy) is 1. The van der Waals surface area contributed by atoms with E-state index in [1.54, 1.807) is 12.1 Å². The zero-order chi connectivity index (χ0) is 14.5. The summed E-state index contributed by atoms with van der Waals surface area (Å²) in [6.07, 6.45) is 0.301. The largest absolute Gasteiger partial charge is 0.481 e. The molecule has 0 spiro atoms. The predicted octanol–water partition coefficient (Wildman–Crippen LogP) is 2.50. The summed E-state index contributed by atoms with van der Waals surface area (Å²) >= 11 is 0. The average molecular weight is 279 g/mol. The molecule has 0 fully saturated rings. The van der Waals surface area contributed by atoms with Gasteiger partial charge in [0, 0.05) is 12.5 Å².